The summed E-state index contributed by atoms with van der Waals surface area (Å²) < 4.78 is 2.24. The van der Waals surface area contributed by atoms with Crippen LogP contribution in [0.25, 0.3) is 0 Å². The lowest BCUT2D eigenvalue weighted by molar-refractivity contribution is -0.385. The third-order valence-corrected chi connectivity index (χ3v) is 4.21. The van der Waals surface area contributed by atoms with Crippen molar-refractivity contribution in [3.63, 3.8) is 0 Å². The molecule has 3 aromatic rings. The molecule has 2 aromatic carbocycles. The third-order valence-electron chi connectivity index (χ3n) is 3.68. The van der Waals surface area contributed by atoms with Crippen LogP contribution in [0.5, 0.6) is 5.75 Å². The summed E-state index contributed by atoms with van der Waals surface area (Å²) in [6.07, 6.45) is 2.56. The lowest BCUT2D eigenvalue weighted by Gasteiger charge is -2.01. The Bertz CT molecular complexity index is 1030. The highest BCUT2D eigenvalue weighted by Gasteiger charge is 2.25. The molecule has 0 radical (unpaired) electrons. The summed E-state index contributed by atoms with van der Waals surface area (Å²) >= 11 is 3.34. The van der Waals surface area contributed by atoms with E-state index < -0.39 is 16.5 Å². The van der Waals surface area contributed by atoms with Gasteiger partial charge in [-0.15, -0.1) is 0 Å². The first-order chi connectivity index (χ1) is 13.4. The van der Waals surface area contributed by atoms with E-state index in [1.54, 1.807) is 12.1 Å². The number of carbonyl (C=O) groups excluding carboxylic acids is 1. The van der Waals surface area contributed by atoms with Crippen LogP contribution < -0.4 is 5.43 Å². The Morgan fingerprint density at radius 2 is 1.93 bits per heavy atom. The van der Waals surface area contributed by atoms with E-state index in [4.69, 9.17) is 0 Å². The first-order valence-corrected chi connectivity index (χ1v) is 8.80. The van der Waals surface area contributed by atoms with Crippen molar-refractivity contribution >= 4 is 33.7 Å². The smallest absolute Gasteiger partial charge is 0.320 e. The standard InChI is InChI=1S/C18H14BrN5O4/c19-14-5-1-13(2-6-14)10-23-11-16(24(27)28)17(22-23)18(26)21-20-9-12-3-7-15(25)8-4-12/h1-9,11,25H,10H2,(H,21,26)/b20-9+. The van der Waals surface area contributed by atoms with Gasteiger partial charge in [-0.2, -0.15) is 10.2 Å². The minimum atomic E-state index is -0.795. The van der Waals surface area contributed by atoms with Crippen LogP contribution in [0.2, 0.25) is 0 Å². The summed E-state index contributed by atoms with van der Waals surface area (Å²) in [5.74, 6) is -0.690. The molecule has 0 saturated carbocycles. The molecule has 28 heavy (non-hydrogen) atoms. The van der Waals surface area contributed by atoms with E-state index in [9.17, 15) is 20.0 Å². The number of aromatic hydroxyl groups is 1. The number of carbonyl (C=O) groups is 1. The molecular weight excluding hydrogens is 430 g/mol. The summed E-state index contributed by atoms with van der Waals surface area (Å²) in [5, 5.41) is 28.3. The Morgan fingerprint density at radius 1 is 1.25 bits per heavy atom. The number of phenols is 1. The van der Waals surface area contributed by atoms with E-state index in [1.165, 1.54) is 29.2 Å². The van der Waals surface area contributed by atoms with Crippen LogP contribution in [0.1, 0.15) is 21.6 Å². The maximum absolute atomic E-state index is 12.3. The minimum absolute atomic E-state index is 0.105. The predicted molar refractivity (Wildman–Crippen MR) is 105 cm³/mol. The van der Waals surface area contributed by atoms with Gasteiger partial charge in [0.05, 0.1) is 17.7 Å². The molecule has 0 atom stereocenters. The van der Waals surface area contributed by atoms with Crippen molar-refractivity contribution in [1.82, 2.24) is 15.2 Å². The average molecular weight is 444 g/mol. The molecule has 0 bridgehead atoms. The molecule has 0 aliphatic heterocycles. The monoisotopic (exact) mass is 443 g/mol. The molecule has 0 fully saturated rings. The largest absolute Gasteiger partial charge is 0.508 e. The molecule has 10 heteroatoms. The summed E-state index contributed by atoms with van der Waals surface area (Å²) in [6, 6.07) is 13.5. The third kappa shape index (κ3) is 4.80. The fraction of sp³-hybridized carbons (Fsp3) is 0.0556. The van der Waals surface area contributed by atoms with Crippen molar-refractivity contribution in [2.45, 2.75) is 6.54 Å². The normalized spacial score (nSPS) is 10.9. The van der Waals surface area contributed by atoms with Crippen LogP contribution in [-0.2, 0) is 6.54 Å². The molecule has 0 aliphatic rings. The van der Waals surface area contributed by atoms with Crippen LogP contribution in [0.4, 0.5) is 5.69 Å². The average Bonchev–Trinajstić information content (AvgIpc) is 3.09. The number of amides is 1. The number of hydrogen-bond donors (Lipinski definition) is 2. The Morgan fingerprint density at radius 3 is 2.57 bits per heavy atom. The fourth-order valence-electron chi connectivity index (χ4n) is 2.34. The lowest BCUT2D eigenvalue weighted by Crippen LogP contribution is -2.19. The van der Waals surface area contributed by atoms with E-state index in [0.717, 1.165) is 10.0 Å². The van der Waals surface area contributed by atoms with Crippen LogP contribution in [0, 0.1) is 10.1 Å². The molecule has 142 valence electrons. The zero-order valence-corrected chi connectivity index (χ0v) is 15.9. The van der Waals surface area contributed by atoms with E-state index in [1.807, 2.05) is 24.3 Å². The van der Waals surface area contributed by atoms with Crippen LogP contribution in [0.3, 0.4) is 0 Å². The number of rotatable bonds is 6. The van der Waals surface area contributed by atoms with E-state index in [2.05, 4.69) is 31.6 Å². The van der Waals surface area contributed by atoms with E-state index in [-0.39, 0.29) is 18.0 Å². The van der Waals surface area contributed by atoms with Gasteiger partial charge in [0.1, 0.15) is 11.9 Å². The van der Waals surface area contributed by atoms with Crippen molar-refractivity contribution in [2.24, 2.45) is 5.10 Å². The minimum Gasteiger partial charge on any atom is -0.508 e. The van der Waals surface area contributed by atoms with Gasteiger partial charge in [-0.05, 0) is 47.5 Å². The summed E-state index contributed by atoms with van der Waals surface area (Å²) in [7, 11) is 0. The summed E-state index contributed by atoms with van der Waals surface area (Å²) in [5.41, 5.74) is 2.99. The lowest BCUT2D eigenvalue weighted by atomic mass is 10.2. The van der Waals surface area contributed by atoms with Gasteiger partial charge in [-0.25, -0.2) is 5.43 Å². The van der Waals surface area contributed by atoms with Crippen LogP contribution >= 0.6 is 15.9 Å². The number of phenolic OH excluding ortho intramolecular Hbond substituents is 1. The number of nitrogens with one attached hydrogen (secondary N) is 1. The molecule has 3 rings (SSSR count). The maximum Gasteiger partial charge on any atom is 0.320 e. The van der Waals surface area contributed by atoms with Gasteiger partial charge in [0.25, 0.3) is 5.91 Å². The van der Waals surface area contributed by atoms with E-state index >= 15 is 0 Å². The first kappa shape index (κ1) is 19.2. The molecule has 0 spiro atoms. The maximum atomic E-state index is 12.3. The number of benzene rings is 2. The van der Waals surface area contributed by atoms with Crippen LogP contribution in [0.15, 0.2) is 64.3 Å². The summed E-state index contributed by atoms with van der Waals surface area (Å²) in [4.78, 5) is 22.9. The second kappa shape index (κ2) is 8.44. The predicted octanol–water partition coefficient (Wildman–Crippen LogP) is 3.07. The fourth-order valence-corrected chi connectivity index (χ4v) is 2.61. The van der Waals surface area contributed by atoms with Gasteiger partial charge in [0, 0.05) is 4.47 Å². The molecule has 9 nitrogen and oxygen atoms in total. The number of nitro groups is 1. The number of hydrazone groups is 1. The second-order valence-electron chi connectivity index (χ2n) is 5.73. The molecule has 2 N–H and O–H groups in total. The van der Waals surface area contributed by atoms with Gasteiger partial charge in [0.2, 0.25) is 5.69 Å². The molecule has 1 amide bonds. The van der Waals surface area contributed by atoms with Gasteiger partial charge in [-0.3, -0.25) is 19.6 Å². The Kier molecular flexibility index (Phi) is 5.80. The molecule has 1 aromatic heterocycles. The SMILES string of the molecule is O=C(N/N=C/c1ccc(O)cc1)c1nn(Cc2ccc(Br)cc2)cc1[N+](=O)[O-]. The molecule has 0 aliphatic carbocycles. The zero-order chi connectivity index (χ0) is 20.1. The number of halogens is 1. The number of aromatic nitrogens is 2. The van der Waals surface area contributed by atoms with Crippen molar-refractivity contribution in [3.05, 3.63) is 86.1 Å². The Balaban J connectivity index is 1.74. The van der Waals surface area contributed by atoms with Gasteiger partial charge in [0.15, 0.2) is 0 Å². The highest BCUT2D eigenvalue weighted by Crippen LogP contribution is 2.18. The molecule has 1 heterocycles. The zero-order valence-electron chi connectivity index (χ0n) is 14.3. The number of hydrogen-bond acceptors (Lipinski definition) is 6. The highest BCUT2D eigenvalue weighted by molar-refractivity contribution is 9.10. The van der Waals surface area contributed by atoms with Gasteiger partial charge >= 0.3 is 5.69 Å². The number of nitrogens with zero attached hydrogens (tertiary/aromatic N) is 4. The quantitative estimate of drug-likeness (QED) is 0.344. The van der Waals surface area contributed by atoms with Crippen molar-refractivity contribution in [3.8, 4) is 5.75 Å². The highest BCUT2D eigenvalue weighted by atomic mass is 79.9. The van der Waals surface area contributed by atoms with Gasteiger partial charge in [-0.1, -0.05) is 28.1 Å². The van der Waals surface area contributed by atoms with Gasteiger partial charge < -0.3 is 5.11 Å². The first-order valence-electron chi connectivity index (χ1n) is 8.01. The van der Waals surface area contributed by atoms with Crippen LogP contribution in [-0.4, -0.2) is 31.9 Å². The topological polar surface area (TPSA) is 123 Å². The van der Waals surface area contributed by atoms with Crippen molar-refractivity contribution in [1.29, 1.82) is 0 Å². The second-order valence-corrected chi connectivity index (χ2v) is 6.65. The van der Waals surface area contributed by atoms with Crippen molar-refractivity contribution < 1.29 is 14.8 Å². The van der Waals surface area contributed by atoms with E-state index in [0.29, 0.717) is 5.56 Å². The Hall–Kier alpha value is -3.53. The van der Waals surface area contributed by atoms with Crippen molar-refractivity contribution in [2.75, 3.05) is 0 Å². The molecule has 0 unspecified atom stereocenters. The Labute approximate surface area is 167 Å². The molecule has 0 saturated heterocycles. The molecular formula is C18H14BrN5O4. The summed E-state index contributed by atoms with van der Waals surface area (Å²) in [6.45, 7) is 0.276.